The molecule has 4 heteroatoms. The second-order valence-corrected chi connectivity index (χ2v) is 4.55. The van der Waals surface area contributed by atoms with E-state index in [1.54, 1.807) is 12.3 Å². The summed E-state index contributed by atoms with van der Waals surface area (Å²) in [6, 6.07) is 6.35. The Bertz CT molecular complexity index is 543. The summed E-state index contributed by atoms with van der Waals surface area (Å²) in [4.78, 5) is 4.08. The summed E-state index contributed by atoms with van der Waals surface area (Å²) in [5, 5.41) is 3.81. The summed E-state index contributed by atoms with van der Waals surface area (Å²) in [6.07, 6.45) is 3.60. The summed E-state index contributed by atoms with van der Waals surface area (Å²) >= 11 is 5.99. The topological polar surface area (TPSA) is 24.9 Å². The molecule has 0 fully saturated rings. The van der Waals surface area contributed by atoms with Crippen molar-refractivity contribution in [2.45, 2.75) is 20.0 Å². The third-order valence-corrected chi connectivity index (χ3v) is 3.15. The fourth-order valence-electron chi connectivity index (χ4n) is 1.69. The second-order valence-electron chi connectivity index (χ2n) is 4.14. The van der Waals surface area contributed by atoms with Crippen molar-refractivity contribution in [2.24, 2.45) is 0 Å². The second kappa shape index (κ2) is 5.94. The van der Waals surface area contributed by atoms with Gasteiger partial charge in [-0.25, -0.2) is 4.39 Å². The van der Waals surface area contributed by atoms with Gasteiger partial charge in [0.2, 0.25) is 0 Å². The van der Waals surface area contributed by atoms with Gasteiger partial charge in [0, 0.05) is 30.5 Å². The lowest BCUT2D eigenvalue weighted by Gasteiger charge is -2.08. The van der Waals surface area contributed by atoms with Crippen LogP contribution in [0.15, 0.2) is 36.7 Å². The van der Waals surface area contributed by atoms with Crippen molar-refractivity contribution < 1.29 is 4.39 Å². The molecule has 18 heavy (non-hydrogen) atoms. The lowest BCUT2D eigenvalue weighted by Crippen LogP contribution is -2.14. The van der Waals surface area contributed by atoms with Crippen molar-refractivity contribution >= 4 is 11.6 Å². The number of halogens is 2. The number of rotatable bonds is 4. The van der Waals surface area contributed by atoms with Gasteiger partial charge in [-0.15, -0.1) is 0 Å². The van der Waals surface area contributed by atoms with E-state index in [0.29, 0.717) is 18.1 Å². The molecule has 1 aromatic heterocycles. The summed E-state index contributed by atoms with van der Waals surface area (Å²) in [5.41, 5.74) is 3.08. The zero-order valence-electron chi connectivity index (χ0n) is 10.1. The van der Waals surface area contributed by atoms with Gasteiger partial charge >= 0.3 is 0 Å². The molecule has 0 aliphatic rings. The van der Waals surface area contributed by atoms with Gasteiger partial charge in [-0.05, 0) is 47.9 Å². The van der Waals surface area contributed by atoms with Crippen molar-refractivity contribution in [2.75, 3.05) is 0 Å². The van der Waals surface area contributed by atoms with Crippen molar-refractivity contribution in [3.05, 3.63) is 64.2 Å². The first-order valence-corrected chi connectivity index (χ1v) is 6.09. The molecule has 0 saturated heterocycles. The summed E-state index contributed by atoms with van der Waals surface area (Å²) in [5.74, 6) is -0.270. The molecule has 0 aliphatic heterocycles. The minimum Gasteiger partial charge on any atom is -0.308 e. The maximum Gasteiger partial charge on any atom is 0.123 e. The smallest absolute Gasteiger partial charge is 0.123 e. The highest BCUT2D eigenvalue weighted by Crippen LogP contribution is 2.17. The standard InChI is InChI=1S/C14H14ClFN2/c1-10-4-5-17-8-12(10)9-18-7-11-6-13(16)2-3-14(11)15/h2-6,8,18H,7,9H2,1H3. The number of nitrogens with one attached hydrogen (secondary N) is 1. The molecule has 0 bridgehead atoms. The van der Waals surface area contributed by atoms with Gasteiger partial charge in [0.25, 0.3) is 0 Å². The molecule has 0 amide bonds. The van der Waals surface area contributed by atoms with Crippen LogP contribution in [0.5, 0.6) is 0 Å². The molecule has 0 aliphatic carbocycles. The highest BCUT2D eigenvalue weighted by Gasteiger charge is 2.03. The van der Waals surface area contributed by atoms with E-state index in [9.17, 15) is 4.39 Å². The molecule has 2 nitrogen and oxygen atoms in total. The Labute approximate surface area is 111 Å². The predicted octanol–water partition coefficient (Wildman–Crippen LogP) is 3.47. The number of aryl methyl sites for hydroxylation is 1. The zero-order valence-corrected chi connectivity index (χ0v) is 10.8. The molecule has 0 unspecified atom stereocenters. The lowest BCUT2D eigenvalue weighted by molar-refractivity contribution is 0.620. The Morgan fingerprint density at radius 1 is 1.22 bits per heavy atom. The van der Waals surface area contributed by atoms with E-state index < -0.39 is 0 Å². The van der Waals surface area contributed by atoms with Crippen LogP contribution in [0.3, 0.4) is 0 Å². The Hall–Kier alpha value is -1.45. The predicted molar refractivity (Wildman–Crippen MR) is 70.9 cm³/mol. The molecule has 2 rings (SSSR count). The Morgan fingerprint density at radius 2 is 2.00 bits per heavy atom. The van der Waals surface area contributed by atoms with Crippen molar-refractivity contribution in [1.82, 2.24) is 10.3 Å². The van der Waals surface area contributed by atoms with Gasteiger partial charge in [0.1, 0.15) is 5.82 Å². The fourth-order valence-corrected chi connectivity index (χ4v) is 1.88. The van der Waals surface area contributed by atoms with E-state index in [4.69, 9.17) is 11.6 Å². The Balaban J connectivity index is 1.96. The molecule has 1 N–H and O–H groups in total. The van der Waals surface area contributed by atoms with Crippen LogP contribution >= 0.6 is 11.6 Å². The lowest BCUT2D eigenvalue weighted by atomic mass is 10.1. The maximum absolute atomic E-state index is 13.1. The zero-order chi connectivity index (χ0) is 13.0. The third kappa shape index (κ3) is 3.28. The molecule has 2 aromatic rings. The number of pyridine rings is 1. The van der Waals surface area contributed by atoms with Gasteiger partial charge in [-0.1, -0.05) is 11.6 Å². The van der Waals surface area contributed by atoms with Crippen LogP contribution in [0.2, 0.25) is 5.02 Å². The molecule has 0 radical (unpaired) electrons. The molecule has 1 heterocycles. The maximum atomic E-state index is 13.1. The highest BCUT2D eigenvalue weighted by atomic mass is 35.5. The first-order valence-electron chi connectivity index (χ1n) is 5.71. The average molecular weight is 265 g/mol. The van der Waals surface area contributed by atoms with Crippen LogP contribution in [0.4, 0.5) is 4.39 Å². The largest absolute Gasteiger partial charge is 0.308 e. The molecule has 94 valence electrons. The number of hydrogen-bond donors (Lipinski definition) is 1. The summed E-state index contributed by atoms with van der Waals surface area (Å²) in [6.45, 7) is 3.26. The van der Waals surface area contributed by atoms with E-state index >= 15 is 0 Å². The molecular weight excluding hydrogens is 251 g/mol. The van der Waals surface area contributed by atoms with Crippen LogP contribution in [0.1, 0.15) is 16.7 Å². The first-order chi connectivity index (χ1) is 8.66. The number of nitrogens with zero attached hydrogens (tertiary/aromatic N) is 1. The SMILES string of the molecule is Cc1ccncc1CNCc1cc(F)ccc1Cl. The quantitative estimate of drug-likeness (QED) is 0.915. The normalized spacial score (nSPS) is 10.6. The monoisotopic (exact) mass is 264 g/mol. The molecule has 0 atom stereocenters. The van der Waals surface area contributed by atoms with Crippen LogP contribution in [-0.4, -0.2) is 4.98 Å². The number of benzene rings is 1. The van der Waals surface area contributed by atoms with Crippen LogP contribution in [0, 0.1) is 12.7 Å². The molecule has 0 spiro atoms. The van der Waals surface area contributed by atoms with E-state index in [2.05, 4.69) is 10.3 Å². The van der Waals surface area contributed by atoms with Crippen molar-refractivity contribution in [3.63, 3.8) is 0 Å². The molecule has 1 aromatic carbocycles. The number of hydrogen-bond acceptors (Lipinski definition) is 2. The van der Waals surface area contributed by atoms with Crippen molar-refractivity contribution in [1.29, 1.82) is 0 Å². The van der Waals surface area contributed by atoms with Gasteiger partial charge < -0.3 is 5.32 Å². The minimum absolute atomic E-state index is 0.270. The van der Waals surface area contributed by atoms with Gasteiger partial charge in [-0.2, -0.15) is 0 Å². The average Bonchev–Trinajstić information content (AvgIpc) is 2.36. The van der Waals surface area contributed by atoms with Gasteiger partial charge in [-0.3, -0.25) is 4.98 Å². The fraction of sp³-hybridized carbons (Fsp3) is 0.214. The van der Waals surface area contributed by atoms with E-state index in [-0.39, 0.29) is 5.82 Å². The number of aromatic nitrogens is 1. The van der Waals surface area contributed by atoms with E-state index in [0.717, 1.165) is 11.1 Å². The molecular formula is C14H14ClFN2. The van der Waals surface area contributed by atoms with Gasteiger partial charge in [0.05, 0.1) is 0 Å². The van der Waals surface area contributed by atoms with E-state index in [1.807, 2.05) is 19.2 Å². The molecule has 0 saturated carbocycles. The highest BCUT2D eigenvalue weighted by molar-refractivity contribution is 6.31. The first kappa shape index (κ1) is 13.0. The summed E-state index contributed by atoms with van der Waals surface area (Å²) in [7, 11) is 0. The van der Waals surface area contributed by atoms with E-state index in [1.165, 1.54) is 17.7 Å². The summed E-state index contributed by atoms with van der Waals surface area (Å²) < 4.78 is 13.1. The van der Waals surface area contributed by atoms with Crippen LogP contribution < -0.4 is 5.32 Å². The van der Waals surface area contributed by atoms with Crippen LogP contribution in [-0.2, 0) is 13.1 Å². The van der Waals surface area contributed by atoms with Crippen LogP contribution in [0.25, 0.3) is 0 Å². The Kier molecular flexibility index (Phi) is 4.28. The third-order valence-electron chi connectivity index (χ3n) is 2.79. The van der Waals surface area contributed by atoms with Gasteiger partial charge in [0.15, 0.2) is 0 Å². The Morgan fingerprint density at radius 3 is 2.78 bits per heavy atom. The minimum atomic E-state index is -0.270. The van der Waals surface area contributed by atoms with Crippen molar-refractivity contribution in [3.8, 4) is 0 Å².